The van der Waals surface area contributed by atoms with Gasteiger partial charge in [0, 0.05) is 12.1 Å². The fourth-order valence-electron chi connectivity index (χ4n) is 2.21. The zero-order chi connectivity index (χ0) is 13.2. The third-order valence-electron chi connectivity index (χ3n) is 3.30. The summed E-state index contributed by atoms with van der Waals surface area (Å²) in [4.78, 5) is 11.8. The van der Waals surface area contributed by atoms with Gasteiger partial charge >= 0.3 is 0 Å². The second-order valence-electron chi connectivity index (χ2n) is 4.66. The molecule has 0 spiro atoms. The monoisotopic (exact) mass is 255 g/mol. The van der Waals surface area contributed by atoms with Gasteiger partial charge in [0.25, 0.3) is 5.91 Å². The average molecular weight is 255 g/mol. The van der Waals surface area contributed by atoms with Gasteiger partial charge in [-0.05, 0) is 43.9 Å². The minimum atomic E-state index is -1.34. The first-order valence-corrected chi connectivity index (χ1v) is 5.96. The van der Waals surface area contributed by atoms with Gasteiger partial charge in [-0.2, -0.15) is 0 Å². The van der Waals surface area contributed by atoms with Crippen LogP contribution >= 0.6 is 0 Å². The first-order valence-electron chi connectivity index (χ1n) is 5.96. The van der Waals surface area contributed by atoms with Crippen LogP contribution < -0.4 is 5.32 Å². The molecule has 1 amide bonds. The first-order chi connectivity index (χ1) is 8.51. The molecule has 98 valence electrons. The molecule has 1 aromatic rings. The van der Waals surface area contributed by atoms with Crippen LogP contribution in [0.3, 0.4) is 0 Å². The molecule has 0 atom stereocenters. The second kappa shape index (κ2) is 5.02. The number of carbonyl (C=O) groups is 1. The van der Waals surface area contributed by atoms with Gasteiger partial charge in [-0.25, -0.2) is 8.78 Å². The highest BCUT2D eigenvalue weighted by Crippen LogP contribution is 2.29. The molecule has 0 saturated heterocycles. The quantitative estimate of drug-likeness (QED) is 0.866. The van der Waals surface area contributed by atoms with Crippen molar-refractivity contribution in [3.8, 4) is 0 Å². The van der Waals surface area contributed by atoms with Crippen molar-refractivity contribution in [1.29, 1.82) is 0 Å². The Bertz CT molecular complexity index is 456. The molecule has 0 radical (unpaired) electrons. The van der Waals surface area contributed by atoms with Crippen LogP contribution in [0.1, 0.15) is 31.2 Å². The van der Waals surface area contributed by atoms with Gasteiger partial charge in [-0.3, -0.25) is 4.79 Å². The molecule has 0 heterocycles. The summed E-state index contributed by atoms with van der Waals surface area (Å²) >= 11 is 0. The highest BCUT2D eigenvalue weighted by Gasteiger charge is 2.38. The Hall–Kier alpha value is -1.49. The molecule has 0 aromatic heterocycles. The lowest BCUT2D eigenvalue weighted by Crippen LogP contribution is -2.44. The molecule has 1 aliphatic rings. The molecular weight excluding hydrogens is 240 g/mol. The number of nitrogens with one attached hydrogen (secondary N) is 1. The van der Waals surface area contributed by atoms with Crippen molar-refractivity contribution in [3.05, 3.63) is 35.4 Å². The molecule has 18 heavy (non-hydrogen) atoms. The van der Waals surface area contributed by atoms with Gasteiger partial charge in [-0.15, -0.1) is 0 Å². The van der Waals surface area contributed by atoms with Gasteiger partial charge in [0.05, 0.1) is 0 Å². The summed E-state index contributed by atoms with van der Waals surface area (Å²) in [6.07, 6.45) is 2.45. The molecule has 1 aromatic carbocycles. The van der Waals surface area contributed by atoms with E-state index in [2.05, 4.69) is 5.32 Å². The van der Waals surface area contributed by atoms with Crippen LogP contribution in [0, 0.1) is 11.6 Å². The Balaban J connectivity index is 1.99. The molecule has 1 fully saturated rings. The largest absolute Gasteiger partial charge is 0.380 e. The van der Waals surface area contributed by atoms with Crippen molar-refractivity contribution in [3.63, 3.8) is 0 Å². The van der Waals surface area contributed by atoms with E-state index in [0.29, 0.717) is 12.8 Å². The van der Waals surface area contributed by atoms with Crippen molar-refractivity contribution < 1.29 is 18.7 Å². The van der Waals surface area contributed by atoms with E-state index in [1.807, 2.05) is 0 Å². The number of halogens is 2. The molecule has 5 heteroatoms. The zero-order valence-corrected chi connectivity index (χ0v) is 9.88. The van der Waals surface area contributed by atoms with E-state index in [1.54, 1.807) is 0 Å². The predicted octanol–water partition coefficient (Wildman–Crippen LogP) is 1.89. The van der Waals surface area contributed by atoms with Crippen LogP contribution in [0.2, 0.25) is 0 Å². The lowest BCUT2D eigenvalue weighted by atomic mass is 10.0. The summed E-state index contributed by atoms with van der Waals surface area (Å²) in [5.74, 6) is -1.64. The number of carbonyl (C=O) groups excluding carboxylic acids is 1. The van der Waals surface area contributed by atoms with Gasteiger partial charge < -0.3 is 10.4 Å². The molecular formula is C13H15F2NO2. The predicted molar refractivity (Wildman–Crippen MR) is 61.6 cm³/mol. The Morgan fingerprint density at radius 2 is 2.00 bits per heavy atom. The van der Waals surface area contributed by atoms with E-state index < -0.39 is 23.1 Å². The van der Waals surface area contributed by atoms with Crippen LogP contribution in [0.25, 0.3) is 0 Å². The van der Waals surface area contributed by atoms with Crippen molar-refractivity contribution in [1.82, 2.24) is 5.32 Å². The standard InChI is InChI=1S/C13H15F2NO2/c14-10-3-4-11(15)9(7-10)8-16-12(17)13(18)5-1-2-6-13/h3-4,7,18H,1-2,5-6,8H2,(H,16,17). The smallest absolute Gasteiger partial charge is 0.252 e. The van der Waals surface area contributed by atoms with Crippen LogP contribution in [-0.2, 0) is 11.3 Å². The minimum absolute atomic E-state index is 0.0740. The second-order valence-corrected chi connectivity index (χ2v) is 4.66. The summed E-state index contributed by atoms with van der Waals surface area (Å²) in [6.45, 7) is -0.120. The summed E-state index contributed by atoms with van der Waals surface area (Å²) < 4.78 is 26.2. The first kappa shape index (κ1) is 13.0. The normalized spacial score (nSPS) is 17.7. The van der Waals surface area contributed by atoms with Crippen molar-refractivity contribution in [2.24, 2.45) is 0 Å². The number of hydrogen-bond donors (Lipinski definition) is 2. The van der Waals surface area contributed by atoms with Gasteiger partial charge in [-0.1, -0.05) is 0 Å². The lowest BCUT2D eigenvalue weighted by molar-refractivity contribution is -0.139. The number of amides is 1. The van der Waals surface area contributed by atoms with Crippen LogP contribution in [-0.4, -0.2) is 16.6 Å². The maximum Gasteiger partial charge on any atom is 0.252 e. The third-order valence-corrected chi connectivity index (χ3v) is 3.30. The number of benzene rings is 1. The van der Waals surface area contributed by atoms with Gasteiger partial charge in [0.2, 0.25) is 0 Å². The minimum Gasteiger partial charge on any atom is -0.380 e. The summed E-state index contributed by atoms with van der Waals surface area (Å²) in [7, 11) is 0. The summed E-state index contributed by atoms with van der Waals surface area (Å²) in [5, 5.41) is 12.4. The highest BCUT2D eigenvalue weighted by molar-refractivity contribution is 5.85. The summed E-state index contributed by atoms with van der Waals surface area (Å²) in [6, 6.07) is 3.07. The van der Waals surface area contributed by atoms with Crippen molar-refractivity contribution in [2.75, 3.05) is 0 Å². The van der Waals surface area contributed by atoms with Crippen molar-refractivity contribution in [2.45, 2.75) is 37.8 Å². The number of aliphatic hydroxyl groups is 1. The van der Waals surface area contributed by atoms with Gasteiger partial charge in [0.1, 0.15) is 17.2 Å². The van der Waals surface area contributed by atoms with E-state index >= 15 is 0 Å². The van der Waals surface area contributed by atoms with E-state index in [0.717, 1.165) is 31.0 Å². The molecule has 1 saturated carbocycles. The van der Waals surface area contributed by atoms with Crippen molar-refractivity contribution >= 4 is 5.91 Å². The summed E-state index contributed by atoms with van der Waals surface area (Å²) in [5.41, 5.74) is -1.27. The molecule has 0 unspecified atom stereocenters. The molecule has 3 nitrogen and oxygen atoms in total. The lowest BCUT2D eigenvalue weighted by Gasteiger charge is -2.21. The molecule has 2 rings (SSSR count). The Labute approximate surface area is 104 Å². The fourth-order valence-corrected chi connectivity index (χ4v) is 2.21. The molecule has 1 aliphatic carbocycles. The van der Waals surface area contributed by atoms with Gasteiger partial charge in [0.15, 0.2) is 0 Å². The maximum atomic E-state index is 13.3. The zero-order valence-electron chi connectivity index (χ0n) is 9.88. The highest BCUT2D eigenvalue weighted by atomic mass is 19.1. The Kier molecular flexibility index (Phi) is 3.61. The van der Waals surface area contributed by atoms with E-state index in [-0.39, 0.29) is 12.1 Å². The topological polar surface area (TPSA) is 49.3 Å². The van der Waals surface area contributed by atoms with Crippen LogP contribution in [0.5, 0.6) is 0 Å². The van der Waals surface area contributed by atoms with E-state index in [4.69, 9.17) is 0 Å². The SMILES string of the molecule is O=C(NCc1cc(F)ccc1F)C1(O)CCCC1. The Morgan fingerprint density at radius 3 is 2.67 bits per heavy atom. The number of hydrogen-bond acceptors (Lipinski definition) is 2. The van der Waals surface area contributed by atoms with Crippen LogP contribution in [0.4, 0.5) is 8.78 Å². The molecule has 0 aliphatic heterocycles. The molecule has 2 N–H and O–H groups in total. The number of rotatable bonds is 3. The van der Waals surface area contributed by atoms with E-state index in [1.165, 1.54) is 0 Å². The third kappa shape index (κ3) is 2.67. The maximum absolute atomic E-state index is 13.3. The average Bonchev–Trinajstić information content (AvgIpc) is 2.78. The van der Waals surface area contributed by atoms with E-state index in [9.17, 15) is 18.7 Å². The fraction of sp³-hybridized carbons (Fsp3) is 0.462. The van der Waals surface area contributed by atoms with Crippen LogP contribution in [0.15, 0.2) is 18.2 Å². The Morgan fingerprint density at radius 1 is 1.33 bits per heavy atom. The molecule has 0 bridgehead atoms.